The van der Waals surface area contributed by atoms with Gasteiger partial charge in [-0.25, -0.2) is 14.5 Å². The molecule has 0 bridgehead atoms. The van der Waals surface area contributed by atoms with E-state index in [-0.39, 0.29) is 0 Å². The molecule has 0 atom stereocenters. The number of nitrogens with zero attached hydrogens (tertiary/aromatic N) is 5. The highest BCUT2D eigenvalue weighted by Gasteiger charge is 2.17. The van der Waals surface area contributed by atoms with Gasteiger partial charge in [-0.05, 0) is 53.4 Å². The molecule has 0 unspecified atom stereocenters. The Kier molecular flexibility index (Phi) is 6.99. The number of imidazole rings is 1. The predicted molar refractivity (Wildman–Crippen MR) is 156 cm³/mol. The molecule has 0 saturated carbocycles. The molecule has 192 valence electrons. The first-order valence-corrected chi connectivity index (χ1v) is 13.0. The summed E-state index contributed by atoms with van der Waals surface area (Å²) in [5.74, 6) is 0.843. The molecule has 4 heterocycles. The summed E-state index contributed by atoms with van der Waals surface area (Å²) in [6.07, 6.45) is 3.52. The predicted octanol–water partition coefficient (Wildman–Crippen LogP) is 4.08. The summed E-state index contributed by atoms with van der Waals surface area (Å²) in [5, 5.41) is 11.2. The van der Waals surface area contributed by atoms with Gasteiger partial charge in [0.15, 0.2) is 13.6 Å². The standard InChI is InChI=1S/C30H29BN8/c1-20-7-6-12-26(36-20)30-29(23-13-14-28-33-19-35-39(28)18-23)37-27(38-30)17-32-15-21-8-2-4-10-24(21)25-11-5-3-9-22(25)16-34-31/h2-14,18-19,32,34H,15-17,31H2,1H3,(H,37,38). The maximum absolute atomic E-state index is 4.98. The van der Waals surface area contributed by atoms with E-state index in [1.807, 2.05) is 51.4 Å². The van der Waals surface area contributed by atoms with E-state index in [9.17, 15) is 0 Å². The Morgan fingerprint density at radius 2 is 1.59 bits per heavy atom. The molecule has 0 aliphatic heterocycles. The largest absolute Gasteiger partial charge is 0.358 e. The highest BCUT2D eigenvalue weighted by Crippen LogP contribution is 2.30. The van der Waals surface area contributed by atoms with Crippen molar-refractivity contribution in [1.29, 1.82) is 0 Å². The third-order valence-corrected chi connectivity index (χ3v) is 6.75. The fraction of sp³-hybridized carbons (Fsp3) is 0.133. The summed E-state index contributed by atoms with van der Waals surface area (Å²) in [6, 6.07) is 27.1. The van der Waals surface area contributed by atoms with E-state index in [2.05, 4.69) is 74.1 Å². The van der Waals surface area contributed by atoms with Crippen molar-refractivity contribution in [1.82, 2.24) is 40.1 Å². The number of aryl methyl sites for hydroxylation is 1. The summed E-state index contributed by atoms with van der Waals surface area (Å²) in [4.78, 5) is 17.5. The fourth-order valence-corrected chi connectivity index (χ4v) is 4.92. The second-order valence-electron chi connectivity index (χ2n) is 9.50. The molecular weight excluding hydrogens is 483 g/mol. The van der Waals surface area contributed by atoms with Gasteiger partial charge < -0.3 is 15.5 Å². The first-order valence-electron chi connectivity index (χ1n) is 13.0. The maximum Gasteiger partial charge on any atom is 0.182 e. The molecule has 0 aliphatic rings. The monoisotopic (exact) mass is 512 g/mol. The zero-order valence-electron chi connectivity index (χ0n) is 22.0. The van der Waals surface area contributed by atoms with Crippen LogP contribution in [0.15, 0.2) is 91.4 Å². The first kappa shape index (κ1) is 24.7. The minimum absolute atomic E-state index is 0.580. The van der Waals surface area contributed by atoms with Crippen LogP contribution in [0.2, 0.25) is 0 Å². The van der Waals surface area contributed by atoms with Gasteiger partial charge in [0.25, 0.3) is 0 Å². The minimum atomic E-state index is 0.580. The molecule has 6 rings (SSSR count). The highest BCUT2D eigenvalue weighted by molar-refractivity contribution is 6.04. The number of H-pyrrole nitrogens is 1. The molecule has 3 N–H and O–H groups in total. The smallest absolute Gasteiger partial charge is 0.182 e. The van der Waals surface area contributed by atoms with Crippen LogP contribution in [0.3, 0.4) is 0 Å². The van der Waals surface area contributed by atoms with Crippen molar-refractivity contribution in [3.8, 4) is 33.8 Å². The van der Waals surface area contributed by atoms with Gasteiger partial charge in [0.2, 0.25) is 0 Å². The molecule has 6 aromatic rings. The maximum atomic E-state index is 4.98. The van der Waals surface area contributed by atoms with Gasteiger partial charge in [-0.3, -0.25) is 4.98 Å². The van der Waals surface area contributed by atoms with E-state index in [1.54, 1.807) is 10.8 Å². The van der Waals surface area contributed by atoms with Gasteiger partial charge >= 0.3 is 0 Å². The van der Waals surface area contributed by atoms with Crippen LogP contribution < -0.4 is 10.5 Å². The van der Waals surface area contributed by atoms with Gasteiger partial charge in [-0.15, -0.1) is 0 Å². The van der Waals surface area contributed by atoms with E-state index in [4.69, 9.17) is 9.97 Å². The van der Waals surface area contributed by atoms with Gasteiger partial charge in [0.1, 0.15) is 17.8 Å². The quantitative estimate of drug-likeness (QED) is 0.253. The highest BCUT2D eigenvalue weighted by atomic mass is 15.3. The summed E-state index contributed by atoms with van der Waals surface area (Å²) >= 11 is 0. The van der Waals surface area contributed by atoms with E-state index in [0.29, 0.717) is 13.1 Å². The van der Waals surface area contributed by atoms with Crippen LogP contribution in [0.5, 0.6) is 0 Å². The Balaban J connectivity index is 1.28. The number of nitrogens with one attached hydrogen (secondary N) is 3. The van der Waals surface area contributed by atoms with Crippen LogP contribution in [-0.4, -0.2) is 37.5 Å². The lowest BCUT2D eigenvalue weighted by molar-refractivity contribution is 0.670. The van der Waals surface area contributed by atoms with E-state index < -0.39 is 0 Å². The van der Waals surface area contributed by atoms with Crippen molar-refractivity contribution in [2.24, 2.45) is 0 Å². The van der Waals surface area contributed by atoms with Crippen molar-refractivity contribution in [3.63, 3.8) is 0 Å². The molecule has 0 spiro atoms. The molecule has 0 aliphatic carbocycles. The van der Waals surface area contributed by atoms with Crippen LogP contribution in [0.4, 0.5) is 0 Å². The number of rotatable bonds is 9. The second-order valence-corrected chi connectivity index (χ2v) is 9.50. The number of hydrogen-bond acceptors (Lipinski definition) is 6. The first-order chi connectivity index (χ1) is 19.2. The van der Waals surface area contributed by atoms with Gasteiger partial charge in [-0.2, -0.15) is 5.10 Å². The number of aromatic nitrogens is 6. The van der Waals surface area contributed by atoms with Gasteiger partial charge in [-0.1, -0.05) is 54.6 Å². The molecule has 39 heavy (non-hydrogen) atoms. The Labute approximate surface area is 228 Å². The fourth-order valence-electron chi connectivity index (χ4n) is 4.92. The number of pyridine rings is 2. The second kappa shape index (κ2) is 11.0. The minimum Gasteiger partial charge on any atom is -0.358 e. The third kappa shape index (κ3) is 5.23. The van der Waals surface area contributed by atoms with Crippen LogP contribution in [0.25, 0.3) is 39.4 Å². The van der Waals surface area contributed by atoms with E-state index >= 15 is 0 Å². The van der Waals surface area contributed by atoms with Crippen LogP contribution in [-0.2, 0) is 19.6 Å². The lowest BCUT2D eigenvalue weighted by atomic mass is 9.95. The molecule has 8 nitrogen and oxygen atoms in total. The zero-order chi connectivity index (χ0) is 26.6. The lowest BCUT2D eigenvalue weighted by Crippen LogP contribution is -2.15. The van der Waals surface area contributed by atoms with E-state index in [1.165, 1.54) is 22.3 Å². The molecule has 0 saturated heterocycles. The summed E-state index contributed by atoms with van der Waals surface area (Å²) in [5.41, 5.74) is 10.3. The molecule has 0 radical (unpaired) electrons. The molecule has 0 fully saturated rings. The Hall–Kier alpha value is -4.60. The topological polar surface area (TPSA) is 95.8 Å². The average Bonchev–Trinajstić information content (AvgIpc) is 3.61. The van der Waals surface area contributed by atoms with Crippen molar-refractivity contribution in [3.05, 3.63) is 114 Å². The van der Waals surface area contributed by atoms with Crippen molar-refractivity contribution >= 4 is 13.6 Å². The molecule has 0 amide bonds. The lowest BCUT2D eigenvalue weighted by Gasteiger charge is -2.14. The van der Waals surface area contributed by atoms with Crippen molar-refractivity contribution in [2.75, 3.05) is 0 Å². The summed E-state index contributed by atoms with van der Waals surface area (Å²) in [7, 11) is 1.98. The molecular formula is C30H29BN8. The molecule has 9 heteroatoms. The van der Waals surface area contributed by atoms with Crippen molar-refractivity contribution in [2.45, 2.75) is 26.6 Å². The molecule has 2 aromatic carbocycles. The number of benzene rings is 2. The Morgan fingerprint density at radius 3 is 2.36 bits per heavy atom. The van der Waals surface area contributed by atoms with Crippen LogP contribution in [0.1, 0.15) is 22.6 Å². The Morgan fingerprint density at radius 1 is 0.821 bits per heavy atom. The summed E-state index contributed by atoms with van der Waals surface area (Å²) < 4.78 is 1.77. The number of hydrogen-bond donors (Lipinski definition) is 3. The van der Waals surface area contributed by atoms with Crippen LogP contribution >= 0.6 is 0 Å². The zero-order valence-corrected chi connectivity index (χ0v) is 22.0. The number of aromatic amines is 1. The van der Waals surface area contributed by atoms with Gasteiger partial charge in [0, 0.05) is 30.5 Å². The normalized spacial score (nSPS) is 11.3. The van der Waals surface area contributed by atoms with Crippen molar-refractivity contribution < 1.29 is 0 Å². The summed E-state index contributed by atoms with van der Waals surface area (Å²) in [6.45, 7) is 4.11. The van der Waals surface area contributed by atoms with E-state index in [0.717, 1.165) is 46.4 Å². The SMILES string of the molecule is BNCc1ccccc1-c1ccccc1CNCc1nc(-c2cccc(C)n2)c(-c2ccc3ncnn3c2)[nH]1. The van der Waals surface area contributed by atoms with Gasteiger partial charge in [0.05, 0.1) is 17.9 Å². The Bertz CT molecular complexity index is 1740. The average molecular weight is 512 g/mol. The third-order valence-electron chi connectivity index (χ3n) is 6.75. The number of fused-ring (bicyclic) bond motifs is 1. The van der Waals surface area contributed by atoms with Crippen LogP contribution in [0, 0.1) is 6.92 Å². The molecule has 4 aromatic heterocycles.